The van der Waals surface area contributed by atoms with E-state index < -0.39 is 0 Å². The number of amides is 1. The molecule has 5 rings (SSSR count). The van der Waals surface area contributed by atoms with E-state index in [0.29, 0.717) is 12.3 Å². The topological polar surface area (TPSA) is 61.9 Å². The van der Waals surface area contributed by atoms with Gasteiger partial charge in [-0.3, -0.25) is 4.79 Å². The molecule has 0 radical (unpaired) electrons. The zero-order chi connectivity index (χ0) is 20.3. The number of para-hydroxylation sites is 3. The highest BCUT2D eigenvalue weighted by Crippen LogP contribution is 2.34. The van der Waals surface area contributed by atoms with Crippen LogP contribution in [0.3, 0.4) is 0 Å². The van der Waals surface area contributed by atoms with Gasteiger partial charge < -0.3 is 9.88 Å². The standard InChI is InChI=1S/C23H24N4OS2/c28-21(10-5-15-29-23-25-17-6-1-2-7-18(17)26-23)27-13-11-16(12-14-27)22-24-19-8-3-4-9-20(19)30-22/h1-4,6-9,16H,5,10-15H2,(H,25,26). The fourth-order valence-corrected chi connectivity index (χ4v) is 5.95. The molecule has 3 heterocycles. The highest BCUT2D eigenvalue weighted by atomic mass is 32.2. The number of likely N-dealkylation sites (tertiary alicyclic amines) is 1. The zero-order valence-corrected chi connectivity index (χ0v) is 18.3. The Labute approximate surface area is 183 Å². The second-order valence-corrected chi connectivity index (χ2v) is 9.83. The van der Waals surface area contributed by atoms with Crippen LogP contribution in [-0.2, 0) is 4.79 Å². The lowest BCUT2D eigenvalue weighted by molar-refractivity contribution is -0.132. The molecule has 30 heavy (non-hydrogen) atoms. The Bertz CT molecular complexity index is 1090. The number of hydrogen-bond acceptors (Lipinski definition) is 5. The van der Waals surface area contributed by atoms with Crippen molar-refractivity contribution in [3.63, 3.8) is 0 Å². The number of carbonyl (C=O) groups is 1. The zero-order valence-electron chi connectivity index (χ0n) is 16.7. The summed E-state index contributed by atoms with van der Waals surface area (Å²) in [4.78, 5) is 27.4. The van der Waals surface area contributed by atoms with Gasteiger partial charge in [-0.25, -0.2) is 9.97 Å². The number of thiazole rings is 1. The molecular formula is C23H24N4OS2. The van der Waals surface area contributed by atoms with Crippen LogP contribution in [0.1, 0.15) is 36.6 Å². The smallest absolute Gasteiger partial charge is 0.222 e. The first-order valence-corrected chi connectivity index (χ1v) is 12.3. The van der Waals surface area contributed by atoms with E-state index in [2.05, 4.69) is 28.2 Å². The fraction of sp³-hybridized carbons (Fsp3) is 0.348. The van der Waals surface area contributed by atoms with Crippen LogP contribution in [0.2, 0.25) is 0 Å². The Morgan fingerprint density at radius 3 is 2.63 bits per heavy atom. The average Bonchev–Trinajstić information content (AvgIpc) is 3.40. The molecule has 1 amide bonds. The summed E-state index contributed by atoms with van der Waals surface area (Å²) in [6.07, 6.45) is 3.51. The van der Waals surface area contributed by atoms with Crippen LogP contribution in [0.4, 0.5) is 0 Å². The summed E-state index contributed by atoms with van der Waals surface area (Å²) in [6.45, 7) is 1.69. The number of nitrogens with zero attached hydrogens (tertiary/aromatic N) is 3. The molecule has 1 aliphatic rings. The molecule has 0 aliphatic carbocycles. The molecule has 4 aromatic rings. The van der Waals surface area contributed by atoms with E-state index in [1.165, 1.54) is 9.71 Å². The van der Waals surface area contributed by atoms with E-state index in [-0.39, 0.29) is 5.91 Å². The quantitative estimate of drug-likeness (QED) is 0.322. The Morgan fingerprint density at radius 1 is 1.07 bits per heavy atom. The first kappa shape index (κ1) is 19.6. The summed E-state index contributed by atoms with van der Waals surface area (Å²) in [5.74, 6) is 1.66. The lowest BCUT2D eigenvalue weighted by Gasteiger charge is -2.31. The third-order valence-electron chi connectivity index (χ3n) is 5.65. The molecule has 0 unspecified atom stereocenters. The molecule has 0 saturated carbocycles. The van der Waals surface area contributed by atoms with Crippen LogP contribution in [0, 0.1) is 0 Å². The summed E-state index contributed by atoms with van der Waals surface area (Å²) < 4.78 is 1.26. The van der Waals surface area contributed by atoms with Crippen molar-refractivity contribution in [1.29, 1.82) is 0 Å². The Hall–Kier alpha value is -2.38. The van der Waals surface area contributed by atoms with E-state index >= 15 is 0 Å². The maximum Gasteiger partial charge on any atom is 0.222 e. The lowest BCUT2D eigenvalue weighted by Crippen LogP contribution is -2.37. The van der Waals surface area contributed by atoms with E-state index in [9.17, 15) is 4.79 Å². The summed E-state index contributed by atoms with van der Waals surface area (Å²) in [7, 11) is 0. The van der Waals surface area contributed by atoms with Crippen LogP contribution < -0.4 is 0 Å². The molecule has 1 fully saturated rings. The predicted octanol–water partition coefficient (Wildman–Crippen LogP) is 5.45. The minimum absolute atomic E-state index is 0.281. The van der Waals surface area contributed by atoms with Crippen molar-refractivity contribution < 1.29 is 4.79 Å². The van der Waals surface area contributed by atoms with Crippen LogP contribution in [0.15, 0.2) is 53.7 Å². The van der Waals surface area contributed by atoms with Crippen LogP contribution in [-0.4, -0.2) is 44.6 Å². The number of piperidine rings is 1. The molecule has 2 aromatic heterocycles. The van der Waals surface area contributed by atoms with Gasteiger partial charge in [0, 0.05) is 31.2 Å². The van der Waals surface area contributed by atoms with Gasteiger partial charge in [0.05, 0.1) is 26.3 Å². The number of fused-ring (bicyclic) bond motifs is 2. The molecule has 154 valence electrons. The second kappa shape index (κ2) is 8.78. The van der Waals surface area contributed by atoms with Gasteiger partial charge in [0.2, 0.25) is 5.91 Å². The van der Waals surface area contributed by atoms with E-state index in [4.69, 9.17) is 4.98 Å². The van der Waals surface area contributed by atoms with Gasteiger partial charge in [0.1, 0.15) is 0 Å². The van der Waals surface area contributed by atoms with Crippen molar-refractivity contribution in [1.82, 2.24) is 19.9 Å². The van der Waals surface area contributed by atoms with E-state index in [0.717, 1.165) is 59.8 Å². The number of H-pyrrole nitrogens is 1. The number of aromatic amines is 1. The third-order valence-corrected chi connectivity index (χ3v) is 7.81. The summed E-state index contributed by atoms with van der Waals surface area (Å²) >= 11 is 3.49. The van der Waals surface area contributed by atoms with Crippen molar-refractivity contribution in [3.8, 4) is 0 Å². The van der Waals surface area contributed by atoms with Crippen molar-refractivity contribution >= 4 is 50.3 Å². The number of aromatic nitrogens is 3. The third kappa shape index (κ3) is 4.23. The van der Waals surface area contributed by atoms with Crippen LogP contribution in [0.5, 0.6) is 0 Å². The molecule has 2 aromatic carbocycles. The van der Waals surface area contributed by atoms with Gasteiger partial charge in [-0.2, -0.15) is 0 Å². The summed E-state index contributed by atoms with van der Waals surface area (Å²) in [5.41, 5.74) is 3.15. The van der Waals surface area contributed by atoms with Crippen molar-refractivity contribution in [2.75, 3.05) is 18.8 Å². The van der Waals surface area contributed by atoms with Crippen molar-refractivity contribution in [2.24, 2.45) is 0 Å². The molecule has 0 bridgehead atoms. The number of nitrogens with one attached hydrogen (secondary N) is 1. The number of thioether (sulfide) groups is 1. The van der Waals surface area contributed by atoms with E-state index in [1.807, 2.05) is 35.2 Å². The van der Waals surface area contributed by atoms with E-state index in [1.54, 1.807) is 23.1 Å². The average molecular weight is 437 g/mol. The Balaban J connectivity index is 1.07. The molecule has 0 spiro atoms. The minimum atomic E-state index is 0.281. The molecular weight excluding hydrogens is 412 g/mol. The Morgan fingerprint density at radius 2 is 1.83 bits per heavy atom. The fourth-order valence-electron chi connectivity index (χ4n) is 3.99. The molecule has 1 aliphatic heterocycles. The molecule has 0 atom stereocenters. The van der Waals surface area contributed by atoms with Crippen LogP contribution in [0.25, 0.3) is 21.3 Å². The minimum Gasteiger partial charge on any atom is -0.343 e. The summed E-state index contributed by atoms with van der Waals surface area (Å²) in [6, 6.07) is 16.4. The number of carbonyl (C=O) groups excluding carboxylic acids is 1. The molecule has 7 heteroatoms. The maximum absolute atomic E-state index is 12.6. The highest BCUT2D eigenvalue weighted by molar-refractivity contribution is 7.99. The van der Waals surface area contributed by atoms with Gasteiger partial charge in [-0.15, -0.1) is 11.3 Å². The first-order valence-electron chi connectivity index (χ1n) is 10.5. The maximum atomic E-state index is 12.6. The largest absolute Gasteiger partial charge is 0.343 e. The number of imidazole rings is 1. The van der Waals surface area contributed by atoms with Gasteiger partial charge in [-0.05, 0) is 43.5 Å². The highest BCUT2D eigenvalue weighted by Gasteiger charge is 2.25. The Kier molecular flexibility index (Phi) is 5.73. The normalized spacial score (nSPS) is 15.3. The van der Waals surface area contributed by atoms with Crippen LogP contribution >= 0.6 is 23.1 Å². The molecule has 5 nitrogen and oxygen atoms in total. The number of hydrogen-bond donors (Lipinski definition) is 1. The monoisotopic (exact) mass is 436 g/mol. The number of benzene rings is 2. The molecule has 1 N–H and O–H groups in total. The van der Waals surface area contributed by atoms with Gasteiger partial charge in [0.15, 0.2) is 5.16 Å². The SMILES string of the molecule is O=C(CCCSc1nc2ccccc2[nH]1)N1CCC(c2nc3ccccc3s2)CC1. The van der Waals surface area contributed by atoms with Gasteiger partial charge in [-0.1, -0.05) is 36.0 Å². The van der Waals surface area contributed by atoms with Crippen molar-refractivity contribution in [2.45, 2.75) is 36.8 Å². The van der Waals surface area contributed by atoms with Gasteiger partial charge in [0.25, 0.3) is 0 Å². The first-order chi connectivity index (χ1) is 14.8. The molecule has 1 saturated heterocycles. The van der Waals surface area contributed by atoms with Gasteiger partial charge >= 0.3 is 0 Å². The second-order valence-electron chi connectivity index (χ2n) is 7.69. The lowest BCUT2D eigenvalue weighted by atomic mass is 9.97. The van der Waals surface area contributed by atoms with Crippen molar-refractivity contribution in [3.05, 3.63) is 53.5 Å². The predicted molar refractivity (Wildman–Crippen MR) is 124 cm³/mol. The summed E-state index contributed by atoms with van der Waals surface area (Å²) in [5, 5.41) is 2.16. The number of rotatable bonds is 6.